The summed E-state index contributed by atoms with van der Waals surface area (Å²) in [5.74, 6) is -1.21. The van der Waals surface area contributed by atoms with E-state index in [9.17, 15) is 14.7 Å². The normalized spacial score (nSPS) is 11.4. The number of nitrogen functional groups attached to an aromatic ring is 1. The number of hydrogen-bond donors (Lipinski definition) is 6. The number of aliphatic hydroxyl groups excluding tert-OH is 1. The average Bonchev–Trinajstić information content (AvgIpc) is 2.86. The van der Waals surface area contributed by atoms with Gasteiger partial charge in [0.25, 0.3) is 5.91 Å². The fourth-order valence-corrected chi connectivity index (χ4v) is 3.66. The molecule has 0 heterocycles. The second-order valence-corrected chi connectivity index (χ2v) is 8.49. The maximum Gasteiger partial charge on any atom is 0.341 e. The number of aliphatic hydroxyl groups is 1. The Balaban J connectivity index is 1.89. The van der Waals surface area contributed by atoms with Crippen molar-refractivity contribution in [1.82, 2.24) is 0 Å². The Hall–Kier alpha value is -4.28. The van der Waals surface area contributed by atoms with Crippen LogP contribution in [0.2, 0.25) is 5.02 Å². The zero-order chi connectivity index (χ0) is 27.1. The first-order chi connectivity index (χ1) is 17.6. The van der Waals surface area contributed by atoms with E-state index < -0.39 is 24.6 Å². The van der Waals surface area contributed by atoms with Gasteiger partial charge in [0.15, 0.2) is 18.1 Å². The number of rotatable bonds is 11. The first-order valence-corrected chi connectivity index (χ1v) is 11.5. The first-order valence-electron chi connectivity index (χ1n) is 11.1. The Morgan fingerprint density at radius 2 is 1.84 bits per heavy atom. The molecule has 0 saturated heterocycles. The number of amidine groups is 1. The lowest BCUT2D eigenvalue weighted by atomic mass is 10.0. The molecule has 3 aromatic rings. The van der Waals surface area contributed by atoms with Crippen molar-refractivity contribution in [3.05, 3.63) is 81.9 Å². The van der Waals surface area contributed by atoms with Crippen LogP contribution in [0, 0.1) is 5.41 Å². The van der Waals surface area contributed by atoms with Gasteiger partial charge < -0.3 is 36.1 Å². The maximum absolute atomic E-state index is 13.1. The van der Waals surface area contributed by atoms with E-state index in [0.717, 1.165) is 0 Å². The largest absolute Gasteiger partial charge is 0.493 e. The number of carboxylic acids is 1. The highest BCUT2D eigenvalue weighted by atomic mass is 35.5. The minimum absolute atomic E-state index is 0.0813. The van der Waals surface area contributed by atoms with Gasteiger partial charge in [0.05, 0.1) is 18.8 Å². The number of ether oxygens (including phenoxy) is 2. The van der Waals surface area contributed by atoms with Gasteiger partial charge in [0.2, 0.25) is 0 Å². The second-order valence-electron chi connectivity index (χ2n) is 8.06. The Labute approximate surface area is 218 Å². The van der Waals surface area contributed by atoms with E-state index in [4.69, 9.17) is 37.3 Å². The lowest BCUT2D eigenvalue weighted by Crippen LogP contribution is -2.16. The molecule has 0 spiro atoms. The third-order valence-corrected chi connectivity index (χ3v) is 5.58. The van der Waals surface area contributed by atoms with Gasteiger partial charge in [-0.05, 0) is 67.1 Å². The molecular formula is C26H27ClN4O6. The first kappa shape index (κ1) is 27.3. The molecule has 0 bridgehead atoms. The van der Waals surface area contributed by atoms with Crippen molar-refractivity contribution in [2.75, 3.05) is 24.4 Å². The van der Waals surface area contributed by atoms with Crippen LogP contribution in [0.5, 0.6) is 11.5 Å². The molecule has 194 valence electrons. The summed E-state index contributed by atoms with van der Waals surface area (Å²) in [6, 6.07) is 14.5. The van der Waals surface area contributed by atoms with Crippen LogP contribution in [0.3, 0.4) is 0 Å². The van der Waals surface area contributed by atoms with Crippen LogP contribution >= 0.6 is 11.6 Å². The van der Waals surface area contributed by atoms with Crippen LogP contribution in [0.4, 0.5) is 11.4 Å². The third-order valence-electron chi connectivity index (χ3n) is 5.35. The number of halogens is 1. The molecule has 7 N–H and O–H groups in total. The highest BCUT2D eigenvalue weighted by molar-refractivity contribution is 6.31. The summed E-state index contributed by atoms with van der Waals surface area (Å²) in [5, 5.41) is 33.0. The lowest BCUT2D eigenvalue weighted by molar-refractivity contribution is -0.139. The molecule has 3 rings (SSSR count). The van der Waals surface area contributed by atoms with Crippen LogP contribution in [-0.4, -0.2) is 41.6 Å². The van der Waals surface area contributed by atoms with E-state index >= 15 is 0 Å². The van der Waals surface area contributed by atoms with E-state index in [-0.39, 0.29) is 29.4 Å². The molecule has 0 radical (unpaired) electrons. The second kappa shape index (κ2) is 12.1. The molecule has 0 saturated carbocycles. The minimum Gasteiger partial charge on any atom is -0.493 e. The number of carbonyl (C=O) groups excluding carboxylic acids is 1. The molecule has 0 aromatic heterocycles. The van der Waals surface area contributed by atoms with Crippen LogP contribution in [-0.2, 0) is 11.3 Å². The Morgan fingerprint density at radius 3 is 2.43 bits per heavy atom. The van der Waals surface area contributed by atoms with Crippen molar-refractivity contribution in [3.63, 3.8) is 0 Å². The lowest BCUT2D eigenvalue weighted by Gasteiger charge is -2.19. The van der Waals surface area contributed by atoms with E-state index in [0.29, 0.717) is 33.1 Å². The topological polar surface area (TPSA) is 167 Å². The summed E-state index contributed by atoms with van der Waals surface area (Å²) in [6.45, 7) is 1.11. The molecule has 0 aliphatic heterocycles. The number of anilines is 2. The molecular weight excluding hydrogens is 500 g/mol. The van der Waals surface area contributed by atoms with Gasteiger partial charge in [0, 0.05) is 34.1 Å². The zero-order valence-corrected chi connectivity index (χ0v) is 20.9. The highest BCUT2D eigenvalue weighted by Crippen LogP contribution is 2.36. The van der Waals surface area contributed by atoms with Gasteiger partial charge in [-0.25, -0.2) is 4.79 Å². The highest BCUT2D eigenvalue weighted by Gasteiger charge is 2.18. The average molecular weight is 527 g/mol. The van der Waals surface area contributed by atoms with Crippen molar-refractivity contribution < 1.29 is 29.3 Å². The van der Waals surface area contributed by atoms with Crippen molar-refractivity contribution in [2.24, 2.45) is 5.73 Å². The van der Waals surface area contributed by atoms with Gasteiger partial charge >= 0.3 is 5.97 Å². The molecule has 37 heavy (non-hydrogen) atoms. The van der Waals surface area contributed by atoms with Crippen molar-refractivity contribution >= 4 is 40.7 Å². The molecule has 0 fully saturated rings. The van der Waals surface area contributed by atoms with E-state index in [1.165, 1.54) is 13.2 Å². The van der Waals surface area contributed by atoms with Crippen LogP contribution in [0.25, 0.3) is 0 Å². The number of nitrogens with two attached hydrogens (primary N) is 1. The van der Waals surface area contributed by atoms with Crippen molar-refractivity contribution in [2.45, 2.75) is 19.6 Å². The summed E-state index contributed by atoms with van der Waals surface area (Å²) in [6.07, 6.45) is -0.813. The molecule has 3 aromatic carbocycles. The Bertz CT molecular complexity index is 1310. The molecule has 0 aliphatic carbocycles. The predicted octanol–water partition coefficient (Wildman–Crippen LogP) is 4.01. The van der Waals surface area contributed by atoms with Gasteiger partial charge in [-0.1, -0.05) is 11.6 Å². The standard InChI is InChI=1S/C26H27ClN4O6/c1-14(32)16-9-17(24(22(10-16)36-2)37-13-23(33)34)12-30-21-8-5-18(27)11-20(21)26(35)31-19-6-3-15(4-7-19)25(28)29/h3-11,14,30,32H,12-13H2,1-2H3,(H3,28,29)(H,31,35)(H,33,34). The van der Waals surface area contributed by atoms with Crippen LogP contribution < -0.4 is 25.8 Å². The number of benzene rings is 3. The summed E-state index contributed by atoms with van der Waals surface area (Å²) in [5.41, 5.74) is 8.27. The van der Waals surface area contributed by atoms with E-state index in [1.54, 1.807) is 55.5 Å². The number of amides is 1. The van der Waals surface area contributed by atoms with Gasteiger partial charge in [0.1, 0.15) is 5.84 Å². The molecule has 1 unspecified atom stereocenters. The number of carbonyl (C=O) groups is 2. The van der Waals surface area contributed by atoms with Gasteiger partial charge in [-0.15, -0.1) is 0 Å². The molecule has 11 heteroatoms. The fraction of sp³-hybridized carbons (Fsp3) is 0.192. The zero-order valence-electron chi connectivity index (χ0n) is 20.2. The smallest absolute Gasteiger partial charge is 0.341 e. The number of nitrogens with one attached hydrogen (secondary N) is 3. The van der Waals surface area contributed by atoms with Crippen LogP contribution in [0.15, 0.2) is 54.6 Å². The summed E-state index contributed by atoms with van der Waals surface area (Å²) in [7, 11) is 1.41. The van der Waals surface area contributed by atoms with Crippen LogP contribution in [0.1, 0.15) is 40.1 Å². The third kappa shape index (κ3) is 7.12. The predicted molar refractivity (Wildman–Crippen MR) is 141 cm³/mol. The number of aliphatic carboxylic acids is 1. The molecule has 1 amide bonds. The molecule has 0 aliphatic rings. The van der Waals surface area contributed by atoms with Gasteiger partial charge in [-0.2, -0.15) is 0 Å². The van der Waals surface area contributed by atoms with Crippen molar-refractivity contribution in [3.8, 4) is 11.5 Å². The molecule has 10 nitrogen and oxygen atoms in total. The van der Waals surface area contributed by atoms with Crippen molar-refractivity contribution in [1.29, 1.82) is 5.41 Å². The van der Waals surface area contributed by atoms with E-state index in [2.05, 4.69) is 10.6 Å². The number of carboxylic acid groups (broad SMARTS) is 1. The van der Waals surface area contributed by atoms with E-state index in [1.807, 2.05) is 0 Å². The summed E-state index contributed by atoms with van der Waals surface area (Å²) in [4.78, 5) is 24.2. The van der Waals surface area contributed by atoms with Gasteiger partial charge in [-0.3, -0.25) is 10.2 Å². The minimum atomic E-state index is -1.16. The monoisotopic (exact) mass is 526 g/mol. The SMILES string of the molecule is COc1cc(C(C)O)cc(CNc2ccc(Cl)cc2C(=O)Nc2ccc(C(=N)N)cc2)c1OCC(=O)O. The number of methoxy groups -OCH3 is 1. The quantitative estimate of drug-likeness (QED) is 0.161. The Kier molecular flexibility index (Phi) is 8.94. The maximum atomic E-state index is 13.1. The summed E-state index contributed by atoms with van der Waals surface area (Å²) >= 11 is 6.16. The summed E-state index contributed by atoms with van der Waals surface area (Å²) < 4.78 is 10.8. The number of hydrogen-bond acceptors (Lipinski definition) is 7. The molecule has 1 atom stereocenters. The fourth-order valence-electron chi connectivity index (χ4n) is 3.49. The Morgan fingerprint density at radius 1 is 1.14 bits per heavy atom.